The average molecular weight is 322 g/mol. The van der Waals surface area contributed by atoms with Crippen LogP contribution in [0.4, 0.5) is 11.4 Å². The van der Waals surface area contributed by atoms with Gasteiger partial charge in [0.2, 0.25) is 0 Å². The Kier molecular flexibility index (Phi) is 4.33. The molecule has 0 fully saturated rings. The highest BCUT2D eigenvalue weighted by Gasteiger charge is 2.15. The van der Waals surface area contributed by atoms with Gasteiger partial charge in [-0.15, -0.1) is 0 Å². The predicted octanol–water partition coefficient (Wildman–Crippen LogP) is 4.08. The Labute approximate surface area is 140 Å². The molecule has 24 heavy (non-hydrogen) atoms. The third-order valence-corrected chi connectivity index (χ3v) is 3.71. The Morgan fingerprint density at radius 1 is 1.08 bits per heavy atom. The fourth-order valence-electron chi connectivity index (χ4n) is 2.58. The zero-order chi connectivity index (χ0) is 17.1. The first-order chi connectivity index (χ1) is 11.6. The van der Waals surface area contributed by atoms with E-state index in [1.807, 2.05) is 49.4 Å². The summed E-state index contributed by atoms with van der Waals surface area (Å²) in [7, 11) is 2.92. The molecule has 1 N–H and O–H groups in total. The molecular formula is C19H18N2O3. The molecule has 0 spiro atoms. The van der Waals surface area contributed by atoms with Crippen molar-refractivity contribution in [2.24, 2.45) is 0 Å². The summed E-state index contributed by atoms with van der Waals surface area (Å²) in [6.07, 6.45) is 0. The zero-order valence-corrected chi connectivity index (χ0v) is 13.8. The van der Waals surface area contributed by atoms with Gasteiger partial charge in [0.15, 0.2) is 5.69 Å². The number of aryl methyl sites for hydroxylation is 1. The second kappa shape index (κ2) is 6.58. The van der Waals surface area contributed by atoms with Gasteiger partial charge in [-0.05, 0) is 36.8 Å². The normalized spacial score (nSPS) is 10.5. The molecule has 0 saturated heterocycles. The molecule has 1 aromatic heterocycles. The number of esters is 1. The molecule has 0 aliphatic carbocycles. The zero-order valence-electron chi connectivity index (χ0n) is 13.8. The van der Waals surface area contributed by atoms with Gasteiger partial charge < -0.3 is 14.8 Å². The van der Waals surface area contributed by atoms with Gasteiger partial charge in [-0.2, -0.15) is 0 Å². The van der Waals surface area contributed by atoms with Crippen molar-refractivity contribution in [3.05, 3.63) is 59.8 Å². The van der Waals surface area contributed by atoms with E-state index in [9.17, 15) is 4.79 Å². The molecule has 0 aliphatic heterocycles. The lowest BCUT2D eigenvalue weighted by Crippen LogP contribution is -2.06. The number of methoxy groups -OCH3 is 2. The lowest BCUT2D eigenvalue weighted by atomic mass is 10.1. The molecule has 0 radical (unpaired) electrons. The smallest absolute Gasteiger partial charge is 0.356 e. The van der Waals surface area contributed by atoms with E-state index in [0.717, 1.165) is 22.3 Å². The number of anilines is 2. The highest BCUT2D eigenvalue weighted by molar-refractivity contribution is 6.00. The number of hydrogen-bond donors (Lipinski definition) is 1. The molecule has 0 amide bonds. The van der Waals surface area contributed by atoms with Crippen LogP contribution < -0.4 is 10.1 Å². The minimum atomic E-state index is -0.491. The van der Waals surface area contributed by atoms with Crippen molar-refractivity contribution in [3.63, 3.8) is 0 Å². The van der Waals surface area contributed by atoms with Crippen molar-refractivity contribution in [3.8, 4) is 5.75 Å². The number of hydrogen-bond acceptors (Lipinski definition) is 5. The van der Waals surface area contributed by atoms with E-state index in [4.69, 9.17) is 9.47 Å². The summed E-state index contributed by atoms with van der Waals surface area (Å²) in [5.74, 6) is 0.112. The fourth-order valence-corrected chi connectivity index (χ4v) is 2.58. The molecular weight excluding hydrogens is 304 g/mol. The number of fused-ring (bicyclic) bond motifs is 1. The molecule has 3 rings (SSSR count). The second-order valence-corrected chi connectivity index (χ2v) is 5.40. The van der Waals surface area contributed by atoms with Crippen LogP contribution in [-0.2, 0) is 4.74 Å². The quantitative estimate of drug-likeness (QED) is 0.733. The number of para-hydroxylation sites is 1. The van der Waals surface area contributed by atoms with E-state index in [2.05, 4.69) is 10.3 Å². The van der Waals surface area contributed by atoms with Crippen LogP contribution in [-0.4, -0.2) is 25.2 Å². The molecule has 0 aliphatic rings. The van der Waals surface area contributed by atoms with E-state index < -0.39 is 5.97 Å². The van der Waals surface area contributed by atoms with Crippen LogP contribution in [0.1, 0.15) is 16.1 Å². The third kappa shape index (κ3) is 3.01. The van der Waals surface area contributed by atoms with Crippen LogP contribution in [0.3, 0.4) is 0 Å². The maximum Gasteiger partial charge on any atom is 0.356 e. The Bertz CT molecular complexity index is 906. The second-order valence-electron chi connectivity index (χ2n) is 5.40. The Morgan fingerprint density at radius 3 is 2.58 bits per heavy atom. The van der Waals surface area contributed by atoms with Crippen molar-refractivity contribution >= 4 is 28.2 Å². The monoisotopic (exact) mass is 322 g/mol. The third-order valence-electron chi connectivity index (χ3n) is 3.71. The van der Waals surface area contributed by atoms with Crippen molar-refractivity contribution in [2.75, 3.05) is 19.5 Å². The lowest BCUT2D eigenvalue weighted by molar-refractivity contribution is 0.0594. The molecule has 1 heterocycles. The lowest BCUT2D eigenvalue weighted by Gasteiger charge is -2.13. The Morgan fingerprint density at radius 2 is 1.88 bits per heavy atom. The van der Waals surface area contributed by atoms with E-state index in [0.29, 0.717) is 11.3 Å². The molecule has 122 valence electrons. The summed E-state index contributed by atoms with van der Waals surface area (Å²) in [5, 5.41) is 4.22. The van der Waals surface area contributed by atoms with Gasteiger partial charge >= 0.3 is 5.97 Å². The van der Waals surface area contributed by atoms with Crippen LogP contribution in [0.2, 0.25) is 0 Å². The summed E-state index contributed by atoms with van der Waals surface area (Å²) in [6.45, 7) is 2.03. The largest absolute Gasteiger partial charge is 0.494 e. The molecule has 5 heteroatoms. The molecule has 5 nitrogen and oxygen atoms in total. The van der Waals surface area contributed by atoms with Crippen molar-refractivity contribution in [1.29, 1.82) is 0 Å². The summed E-state index contributed by atoms with van der Waals surface area (Å²) in [5.41, 5.74) is 3.68. The minimum absolute atomic E-state index is 0.227. The van der Waals surface area contributed by atoms with E-state index >= 15 is 0 Å². The van der Waals surface area contributed by atoms with E-state index in [1.165, 1.54) is 7.11 Å². The summed E-state index contributed by atoms with van der Waals surface area (Å²) in [6, 6.07) is 15.3. The molecule has 2 aromatic carbocycles. The number of pyridine rings is 1. The summed E-state index contributed by atoms with van der Waals surface area (Å²) < 4.78 is 10.2. The van der Waals surface area contributed by atoms with Gasteiger partial charge in [0.25, 0.3) is 0 Å². The molecule has 0 unspecified atom stereocenters. The van der Waals surface area contributed by atoms with Gasteiger partial charge in [0, 0.05) is 11.1 Å². The number of carbonyl (C=O) groups is 1. The summed E-state index contributed by atoms with van der Waals surface area (Å²) >= 11 is 0. The van der Waals surface area contributed by atoms with Crippen molar-refractivity contribution < 1.29 is 14.3 Å². The first-order valence-electron chi connectivity index (χ1n) is 7.52. The molecule has 0 saturated carbocycles. The van der Waals surface area contributed by atoms with Crippen molar-refractivity contribution in [2.45, 2.75) is 6.92 Å². The number of nitrogens with one attached hydrogen (secondary N) is 1. The number of aromatic nitrogens is 1. The molecule has 0 bridgehead atoms. The Balaban J connectivity index is 2.19. The van der Waals surface area contributed by atoms with Crippen LogP contribution >= 0.6 is 0 Å². The molecule has 0 atom stereocenters. The number of rotatable bonds is 4. The van der Waals surface area contributed by atoms with Crippen LogP contribution in [0, 0.1) is 6.92 Å². The van der Waals surface area contributed by atoms with Crippen molar-refractivity contribution in [1.82, 2.24) is 4.98 Å². The summed E-state index contributed by atoms with van der Waals surface area (Å²) in [4.78, 5) is 16.4. The highest BCUT2D eigenvalue weighted by atomic mass is 16.5. The standard InChI is InChI=1S/C19H18N2O3/c1-12-6-4-7-13(10-12)20-15-11-16(19(22)24-3)21-18-14(15)8-5-9-17(18)23-2/h4-11H,1-3H3,(H,20,21). The fraction of sp³-hybridized carbons (Fsp3) is 0.158. The topological polar surface area (TPSA) is 60.5 Å². The maximum absolute atomic E-state index is 12.0. The predicted molar refractivity (Wildman–Crippen MR) is 94.1 cm³/mol. The first kappa shape index (κ1) is 15.8. The average Bonchev–Trinajstić information content (AvgIpc) is 2.60. The first-order valence-corrected chi connectivity index (χ1v) is 7.52. The van der Waals surface area contributed by atoms with Crippen LogP contribution in [0.5, 0.6) is 5.75 Å². The minimum Gasteiger partial charge on any atom is -0.494 e. The van der Waals surface area contributed by atoms with Gasteiger partial charge in [-0.1, -0.05) is 24.3 Å². The van der Waals surface area contributed by atoms with E-state index in [-0.39, 0.29) is 5.69 Å². The number of benzene rings is 2. The molecule has 3 aromatic rings. The van der Waals surface area contributed by atoms with Gasteiger partial charge in [0.05, 0.1) is 19.9 Å². The Hall–Kier alpha value is -3.08. The van der Waals surface area contributed by atoms with E-state index in [1.54, 1.807) is 13.2 Å². The van der Waals surface area contributed by atoms with Crippen LogP contribution in [0.15, 0.2) is 48.5 Å². The number of nitrogens with zero attached hydrogens (tertiary/aromatic N) is 1. The number of ether oxygens (including phenoxy) is 2. The van der Waals surface area contributed by atoms with Gasteiger partial charge in [-0.3, -0.25) is 0 Å². The highest BCUT2D eigenvalue weighted by Crippen LogP contribution is 2.32. The van der Waals surface area contributed by atoms with Crippen LogP contribution in [0.25, 0.3) is 10.9 Å². The SMILES string of the molecule is COC(=O)c1cc(Nc2cccc(C)c2)c2cccc(OC)c2n1. The van der Waals surface area contributed by atoms with Gasteiger partial charge in [-0.25, -0.2) is 9.78 Å². The maximum atomic E-state index is 12.0. The number of carbonyl (C=O) groups excluding carboxylic acids is 1. The van der Waals surface area contributed by atoms with Gasteiger partial charge in [0.1, 0.15) is 11.3 Å².